The van der Waals surface area contributed by atoms with E-state index in [2.05, 4.69) is 12.1 Å². The van der Waals surface area contributed by atoms with Gasteiger partial charge in [-0.1, -0.05) is 18.2 Å². The van der Waals surface area contributed by atoms with Crippen LogP contribution in [0.3, 0.4) is 0 Å². The monoisotopic (exact) mass is 269 g/mol. The van der Waals surface area contributed by atoms with E-state index in [1.165, 1.54) is 11.1 Å². The molecule has 1 atom stereocenters. The van der Waals surface area contributed by atoms with Crippen molar-refractivity contribution < 1.29 is 9.47 Å². The molecule has 104 valence electrons. The summed E-state index contributed by atoms with van der Waals surface area (Å²) in [6.07, 6.45) is 2.08. The predicted octanol–water partition coefficient (Wildman–Crippen LogP) is 3.22. The number of benzene rings is 2. The second kappa shape index (κ2) is 5.55. The van der Waals surface area contributed by atoms with E-state index in [-0.39, 0.29) is 6.04 Å². The zero-order chi connectivity index (χ0) is 13.9. The van der Waals surface area contributed by atoms with Crippen LogP contribution in [0.2, 0.25) is 0 Å². The maximum absolute atomic E-state index is 6.04. The van der Waals surface area contributed by atoms with Gasteiger partial charge in [-0.25, -0.2) is 0 Å². The molecule has 0 aromatic heterocycles. The molecule has 0 amide bonds. The number of hydrogen-bond donors (Lipinski definition) is 1. The Balaban J connectivity index is 1.69. The first-order chi connectivity index (χ1) is 9.76. The molecule has 0 radical (unpaired) electrons. The predicted molar refractivity (Wildman–Crippen MR) is 79.0 cm³/mol. The summed E-state index contributed by atoms with van der Waals surface area (Å²) in [5, 5.41) is 0. The zero-order valence-electron chi connectivity index (χ0n) is 11.6. The molecule has 0 bridgehead atoms. The van der Waals surface area contributed by atoms with Crippen LogP contribution in [-0.2, 0) is 13.0 Å². The van der Waals surface area contributed by atoms with Crippen molar-refractivity contribution in [3.63, 3.8) is 0 Å². The van der Waals surface area contributed by atoms with Gasteiger partial charge in [0.25, 0.3) is 0 Å². The Morgan fingerprint density at radius 3 is 2.90 bits per heavy atom. The van der Waals surface area contributed by atoms with Gasteiger partial charge in [0, 0.05) is 6.04 Å². The minimum atomic E-state index is 0.192. The molecule has 0 fully saturated rings. The van der Waals surface area contributed by atoms with Crippen molar-refractivity contribution in [3.05, 3.63) is 59.2 Å². The number of fused-ring (bicyclic) bond motifs is 1. The molecule has 2 N–H and O–H groups in total. The number of aryl methyl sites for hydroxylation is 1. The number of methoxy groups -OCH3 is 1. The summed E-state index contributed by atoms with van der Waals surface area (Å²) in [5.41, 5.74) is 9.72. The third kappa shape index (κ3) is 2.63. The number of hydrogen-bond acceptors (Lipinski definition) is 3. The summed E-state index contributed by atoms with van der Waals surface area (Å²) in [5.74, 6) is 1.76. The molecule has 3 nitrogen and oxygen atoms in total. The van der Waals surface area contributed by atoms with Crippen molar-refractivity contribution in [3.8, 4) is 11.5 Å². The molecule has 0 saturated carbocycles. The first-order valence-electron chi connectivity index (χ1n) is 6.90. The summed E-state index contributed by atoms with van der Waals surface area (Å²) >= 11 is 0. The van der Waals surface area contributed by atoms with Crippen molar-refractivity contribution in [2.45, 2.75) is 25.5 Å². The Labute approximate surface area is 119 Å². The van der Waals surface area contributed by atoms with Crippen LogP contribution in [0, 0.1) is 0 Å². The van der Waals surface area contributed by atoms with Crippen LogP contribution in [0.1, 0.15) is 29.2 Å². The molecule has 0 aliphatic heterocycles. The second-order valence-electron chi connectivity index (χ2n) is 5.15. The minimum absolute atomic E-state index is 0.192. The highest BCUT2D eigenvalue weighted by atomic mass is 16.5. The highest BCUT2D eigenvalue weighted by molar-refractivity contribution is 5.40. The Hall–Kier alpha value is -2.00. The normalized spacial score (nSPS) is 16.8. The molecular weight excluding hydrogens is 250 g/mol. The summed E-state index contributed by atoms with van der Waals surface area (Å²) < 4.78 is 11.1. The van der Waals surface area contributed by atoms with Gasteiger partial charge < -0.3 is 15.2 Å². The van der Waals surface area contributed by atoms with Gasteiger partial charge in [0.15, 0.2) is 0 Å². The fourth-order valence-electron chi connectivity index (χ4n) is 2.65. The van der Waals surface area contributed by atoms with Crippen molar-refractivity contribution in [2.24, 2.45) is 5.73 Å². The average Bonchev–Trinajstić information content (AvgIpc) is 2.86. The third-order valence-electron chi connectivity index (χ3n) is 3.78. The summed E-state index contributed by atoms with van der Waals surface area (Å²) in [6, 6.07) is 14.3. The van der Waals surface area contributed by atoms with Gasteiger partial charge in [0.2, 0.25) is 0 Å². The Morgan fingerprint density at radius 2 is 2.05 bits per heavy atom. The summed E-state index contributed by atoms with van der Waals surface area (Å²) in [4.78, 5) is 0. The van der Waals surface area contributed by atoms with Crippen LogP contribution in [0.15, 0.2) is 42.5 Å². The molecular formula is C17H19NO2. The zero-order valence-corrected chi connectivity index (χ0v) is 11.6. The van der Waals surface area contributed by atoms with Crippen molar-refractivity contribution in [1.82, 2.24) is 0 Å². The van der Waals surface area contributed by atoms with Crippen LogP contribution in [0.25, 0.3) is 0 Å². The van der Waals surface area contributed by atoms with E-state index in [4.69, 9.17) is 15.2 Å². The quantitative estimate of drug-likeness (QED) is 0.927. The molecule has 0 heterocycles. The maximum Gasteiger partial charge on any atom is 0.120 e. The smallest absolute Gasteiger partial charge is 0.120 e. The molecule has 1 unspecified atom stereocenters. The number of nitrogens with two attached hydrogens (primary N) is 1. The topological polar surface area (TPSA) is 44.5 Å². The van der Waals surface area contributed by atoms with Gasteiger partial charge in [-0.05, 0) is 53.8 Å². The van der Waals surface area contributed by atoms with E-state index < -0.39 is 0 Å². The lowest BCUT2D eigenvalue weighted by atomic mass is 10.1. The van der Waals surface area contributed by atoms with Gasteiger partial charge in [0.05, 0.1) is 7.11 Å². The lowest BCUT2D eigenvalue weighted by molar-refractivity contribution is 0.305. The second-order valence-corrected chi connectivity index (χ2v) is 5.15. The maximum atomic E-state index is 6.04. The Bertz CT molecular complexity index is 610. The molecule has 1 aliphatic rings. The van der Waals surface area contributed by atoms with Gasteiger partial charge in [0.1, 0.15) is 18.1 Å². The van der Waals surface area contributed by atoms with Gasteiger partial charge >= 0.3 is 0 Å². The van der Waals surface area contributed by atoms with Crippen molar-refractivity contribution in [1.29, 1.82) is 0 Å². The number of rotatable bonds is 4. The Morgan fingerprint density at radius 1 is 1.15 bits per heavy atom. The van der Waals surface area contributed by atoms with Crippen LogP contribution in [0.5, 0.6) is 11.5 Å². The van der Waals surface area contributed by atoms with E-state index in [0.717, 1.165) is 29.9 Å². The van der Waals surface area contributed by atoms with Crippen molar-refractivity contribution >= 4 is 0 Å². The molecule has 3 heteroatoms. The van der Waals surface area contributed by atoms with E-state index in [1.54, 1.807) is 7.11 Å². The summed E-state index contributed by atoms with van der Waals surface area (Å²) in [7, 11) is 1.67. The molecule has 2 aromatic rings. The summed E-state index contributed by atoms with van der Waals surface area (Å²) in [6.45, 7) is 0.544. The van der Waals surface area contributed by atoms with Gasteiger partial charge in [-0.15, -0.1) is 0 Å². The highest BCUT2D eigenvalue weighted by Crippen LogP contribution is 2.32. The van der Waals surface area contributed by atoms with Gasteiger partial charge in [-0.2, -0.15) is 0 Å². The Kier molecular flexibility index (Phi) is 3.61. The first-order valence-corrected chi connectivity index (χ1v) is 6.90. The highest BCUT2D eigenvalue weighted by Gasteiger charge is 2.18. The largest absolute Gasteiger partial charge is 0.497 e. The molecule has 20 heavy (non-hydrogen) atoms. The third-order valence-corrected chi connectivity index (χ3v) is 3.78. The van der Waals surface area contributed by atoms with Crippen LogP contribution in [0.4, 0.5) is 0 Å². The molecule has 2 aromatic carbocycles. The molecule has 3 rings (SSSR count). The standard InChI is InChI=1S/C17H19NO2/c1-19-14-4-2-3-12(9-14)11-20-15-6-7-16-13(10-15)5-8-17(16)18/h2-4,6-7,9-10,17H,5,8,11,18H2,1H3. The fraction of sp³-hybridized carbons (Fsp3) is 0.294. The van der Waals surface area contributed by atoms with Crippen LogP contribution >= 0.6 is 0 Å². The van der Waals surface area contributed by atoms with E-state index in [0.29, 0.717) is 6.61 Å². The van der Waals surface area contributed by atoms with E-state index >= 15 is 0 Å². The minimum Gasteiger partial charge on any atom is -0.497 e. The lowest BCUT2D eigenvalue weighted by Crippen LogP contribution is -2.05. The van der Waals surface area contributed by atoms with E-state index in [9.17, 15) is 0 Å². The van der Waals surface area contributed by atoms with Crippen LogP contribution < -0.4 is 15.2 Å². The first kappa shape index (κ1) is 13.0. The van der Waals surface area contributed by atoms with Crippen molar-refractivity contribution in [2.75, 3.05) is 7.11 Å². The average molecular weight is 269 g/mol. The lowest BCUT2D eigenvalue weighted by Gasteiger charge is -2.10. The SMILES string of the molecule is COc1cccc(COc2ccc3c(c2)CCC3N)c1. The molecule has 1 aliphatic carbocycles. The number of ether oxygens (including phenoxy) is 2. The molecule has 0 spiro atoms. The van der Waals surface area contributed by atoms with Crippen LogP contribution in [-0.4, -0.2) is 7.11 Å². The van der Waals surface area contributed by atoms with Gasteiger partial charge in [-0.3, -0.25) is 0 Å². The fourth-order valence-corrected chi connectivity index (χ4v) is 2.65. The molecule has 0 saturated heterocycles. The van der Waals surface area contributed by atoms with E-state index in [1.807, 2.05) is 30.3 Å².